The van der Waals surface area contributed by atoms with E-state index in [0.717, 1.165) is 32.5 Å². The lowest BCUT2D eigenvalue weighted by Crippen LogP contribution is -2.41. The molecule has 3 nitrogen and oxygen atoms in total. The van der Waals surface area contributed by atoms with Gasteiger partial charge in [-0.05, 0) is 30.0 Å². The molecule has 2 aromatic carbocycles. The Hall–Kier alpha value is -2.57. The van der Waals surface area contributed by atoms with Crippen LogP contribution in [0.4, 0.5) is 0 Å². The van der Waals surface area contributed by atoms with Gasteiger partial charge in [-0.15, -0.1) is 0 Å². The van der Waals surface area contributed by atoms with Crippen LogP contribution in [0, 0.1) is 11.3 Å². The molecule has 3 aromatic rings. The molecule has 1 aliphatic rings. The molecule has 0 unspecified atom stereocenters. The second kappa shape index (κ2) is 6.14. The quantitative estimate of drug-likeness (QED) is 0.786. The standard InChI is InChI=1S/C21H21N3/c22-16-21(18-6-2-1-3-7-18)10-12-24(13-11-21)15-17-14-23-20-9-5-4-8-19(17)20/h1-9,14,23H,10-13,15H2. The first-order valence-electron chi connectivity index (χ1n) is 8.55. The van der Waals surface area contributed by atoms with Gasteiger partial charge in [0.15, 0.2) is 0 Å². The van der Waals surface area contributed by atoms with Crippen LogP contribution < -0.4 is 0 Å². The van der Waals surface area contributed by atoms with Gasteiger partial charge in [0.25, 0.3) is 0 Å². The Bertz CT molecular complexity index is 865. The van der Waals surface area contributed by atoms with E-state index in [4.69, 9.17) is 0 Å². The predicted molar refractivity (Wildman–Crippen MR) is 96.5 cm³/mol. The average Bonchev–Trinajstić information content (AvgIpc) is 3.06. The van der Waals surface area contributed by atoms with Gasteiger partial charge in [-0.2, -0.15) is 5.26 Å². The topological polar surface area (TPSA) is 42.8 Å². The van der Waals surface area contributed by atoms with Crippen LogP contribution in [-0.2, 0) is 12.0 Å². The number of piperidine rings is 1. The SMILES string of the molecule is N#CC1(c2ccccc2)CCN(Cc2c[nH]c3ccccc23)CC1. The number of nitriles is 1. The van der Waals surface area contributed by atoms with E-state index >= 15 is 0 Å². The molecule has 0 amide bonds. The van der Waals surface area contributed by atoms with Gasteiger partial charge in [0.2, 0.25) is 0 Å². The number of likely N-dealkylation sites (tertiary alicyclic amines) is 1. The summed E-state index contributed by atoms with van der Waals surface area (Å²) in [5, 5.41) is 11.1. The molecule has 0 aliphatic carbocycles. The lowest BCUT2D eigenvalue weighted by molar-refractivity contribution is 0.179. The van der Waals surface area contributed by atoms with Crippen LogP contribution in [0.2, 0.25) is 0 Å². The molecule has 0 bridgehead atoms. The minimum absolute atomic E-state index is 0.321. The molecule has 3 heteroatoms. The number of fused-ring (bicyclic) bond motifs is 1. The summed E-state index contributed by atoms with van der Waals surface area (Å²) in [6.45, 7) is 2.87. The fourth-order valence-electron chi connectivity index (χ4n) is 3.82. The van der Waals surface area contributed by atoms with E-state index in [1.165, 1.54) is 22.0 Å². The number of aromatic amines is 1. The van der Waals surface area contributed by atoms with Gasteiger partial charge in [-0.3, -0.25) is 4.90 Å². The van der Waals surface area contributed by atoms with E-state index in [9.17, 15) is 5.26 Å². The lowest BCUT2D eigenvalue weighted by Gasteiger charge is -2.37. The van der Waals surface area contributed by atoms with E-state index in [1.54, 1.807) is 0 Å². The molecule has 0 saturated carbocycles. The summed E-state index contributed by atoms with van der Waals surface area (Å²) in [6.07, 6.45) is 3.92. The highest BCUT2D eigenvalue weighted by atomic mass is 15.1. The predicted octanol–water partition coefficient (Wildman–Crippen LogP) is 4.23. The minimum atomic E-state index is -0.321. The fraction of sp³-hybridized carbons (Fsp3) is 0.286. The van der Waals surface area contributed by atoms with Crippen LogP contribution in [0.25, 0.3) is 10.9 Å². The third-order valence-corrected chi connectivity index (χ3v) is 5.32. The summed E-state index contributed by atoms with van der Waals surface area (Å²) in [5.41, 5.74) is 3.38. The maximum Gasteiger partial charge on any atom is 0.0846 e. The summed E-state index contributed by atoms with van der Waals surface area (Å²) in [4.78, 5) is 5.82. The number of rotatable bonds is 3. The van der Waals surface area contributed by atoms with E-state index in [0.29, 0.717) is 0 Å². The van der Waals surface area contributed by atoms with Crippen LogP contribution in [0.3, 0.4) is 0 Å². The van der Waals surface area contributed by atoms with Gasteiger partial charge in [0.05, 0.1) is 11.5 Å². The third kappa shape index (κ3) is 2.60. The van der Waals surface area contributed by atoms with Crippen molar-refractivity contribution in [3.8, 4) is 6.07 Å². The van der Waals surface area contributed by atoms with Crippen molar-refractivity contribution >= 4 is 10.9 Å². The summed E-state index contributed by atoms with van der Waals surface area (Å²) in [5.74, 6) is 0. The second-order valence-corrected chi connectivity index (χ2v) is 6.70. The van der Waals surface area contributed by atoms with Gasteiger partial charge in [-0.1, -0.05) is 48.5 Å². The molecule has 0 atom stereocenters. The number of aromatic nitrogens is 1. The molecule has 1 fully saturated rings. The molecule has 0 spiro atoms. The molecule has 0 radical (unpaired) electrons. The number of hydrogen-bond donors (Lipinski definition) is 1. The molecular weight excluding hydrogens is 294 g/mol. The van der Waals surface area contributed by atoms with Crippen LogP contribution in [0.1, 0.15) is 24.0 Å². The number of H-pyrrole nitrogens is 1. The first-order valence-corrected chi connectivity index (χ1v) is 8.55. The van der Waals surface area contributed by atoms with Crippen LogP contribution >= 0.6 is 0 Å². The average molecular weight is 315 g/mol. The van der Waals surface area contributed by atoms with E-state index in [2.05, 4.69) is 58.5 Å². The summed E-state index contributed by atoms with van der Waals surface area (Å²) >= 11 is 0. The van der Waals surface area contributed by atoms with Crippen molar-refractivity contribution in [3.63, 3.8) is 0 Å². The molecule has 1 saturated heterocycles. The number of nitrogens with one attached hydrogen (secondary N) is 1. The normalized spacial score (nSPS) is 17.6. The van der Waals surface area contributed by atoms with Gasteiger partial charge < -0.3 is 4.98 Å². The Morgan fingerprint density at radius 2 is 1.71 bits per heavy atom. The Morgan fingerprint density at radius 3 is 2.46 bits per heavy atom. The molecule has 120 valence electrons. The highest BCUT2D eigenvalue weighted by Gasteiger charge is 2.36. The van der Waals surface area contributed by atoms with Gasteiger partial charge in [0, 0.05) is 36.7 Å². The Labute approximate surface area is 142 Å². The van der Waals surface area contributed by atoms with Gasteiger partial charge in [0.1, 0.15) is 0 Å². The Balaban J connectivity index is 1.49. The molecular formula is C21H21N3. The van der Waals surface area contributed by atoms with E-state index in [-0.39, 0.29) is 5.41 Å². The largest absolute Gasteiger partial charge is 0.361 e. The highest BCUT2D eigenvalue weighted by Crippen LogP contribution is 2.35. The number of benzene rings is 2. The number of para-hydroxylation sites is 1. The third-order valence-electron chi connectivity index (χ3n) is 5.32. The first kappa shape index (κ1) is 15.0. The first-order chi connectivity index (χ1) is 11.8. The molecule has 1 aliphatic heterocycles. The highest BCUT2D eigenvalue weighted by molar-refractivity contribution is 5.82. The fourth-order valence-corrected chi connectivity index (χ4v) is 3.82. The van der Waals surface area contributed by atoms with Crippen molar-refractivity contribution in [2.45, 2.75) is 24.8 Å². The summed E-state index contributed by atoms with van der Waals surface area (Å²) in [6, 6.07) is 21.3. The smallest absolute Gasteiger partial charge is 0.0846 e. The van der Waals surface area contributed by atoms with Crippen LogP contribution in [-0.4, -0.2) is 23.0 Å². The van der Waals surface area contributed by atoms with Crippen molar-refractivity contribution in [1.82, 2.24) is 9.88 Å². The van der Waals surface area contributed by atoms with Crippen LogP contribution in [0.5, 0.6) is 0 Å². The van der Waals surface area contributed by atoms with Crippen molar-refractivity contribution in [2.24, 2.45) is 0 Å². The molecule has 24 heavy (non-hydrogen) atoms. The second-order valence-electron chi connectivity index (χ2n) is 6.70. The Kier molecular flexibility index (Phi) is 3.84. The minimum Gasteiger partial charge on any atom is -0.361 e. The summed E-state index contributed by atoms with van der Waals surface area (Å²) < 4.78 is 0. The number of nitrogens with zero attached hydrogens (tertiary/aromatic N) is 2. The van der Waals surface area contributed by atoms with E-state index in [1.807, 2.05) is 18.2 Å². The molecule has 1 aromatic heterocycles. The maximum absolute atomic E-state index is 9.81. The number of hydrogen-bond acceptors (Lipinski definition) is 2. The summed E-state index contributed by atoms with van der Waals surface area (Å²) in [7, 11) is 0. The van der Waals surface area contributed by atoms with Crippen molar-refractivity contribution in [1.29, 1.82) is 5.26 Å². The van der Waals surface area contributed by atoms with Crippen molar-refractivity contribution in [3.05, 3.63) is 71.9 Å². The van der Waals surface area contributed by atoms with Crippen LogP contribution in [0.15, 0.2) is 60.8 Å². The van der Waals surface area contributed by atoms with E-state index < -0.39 is 0 Å². The van der Waals surface area contributed by atoms with Gasteiger partial charge in [-0.25, -0.2) is 0 Å². The zero-order valence-corrected chi connectivity index (χ0v) is 13.7. The Morgan fingerprint density at radius 1 is 1.00 bits per heavy atom. The molecule has 4 rings (SSSR count). The van der Waals surface area contributed by atoms with Gasteiger partial charge >= 0.3 is 0 Å². The zero-order chi connectivity index (χ0) is 16.4. The maximum atomic E-state index is 9.81. The molecule has 1 N–H and O–H groups in total. The van der Waals surface area contributed by atoms with Crippen molar-refractivity contribution < 1.29 is 0 Å². The van der Waals surface area contributed by atoms with Crippen molar-refractivity contribution in [2.75, 3.05) is 13.1 Å². The lowest BCUT2D eigenvalue weighted by atomic mass is 9.74. The molecule has 2 heterocycles. The monoisotopic (exact) mass is 315 g/mol. The zero-order valence-electron chi connectivity index (χ0n) is 13.7.